The smallest absolute Gasteiger partial charge is 0.333 e. The van der Waals surface area contributed by atoms with Crippen LogP contribution in [-0.4, -0.2) is 49.6 Å². The quantitative estimate of drug-likeness (QED) is 0.495. The lowest BCUT2D eigenvalue weighted by Gasteiger charge is -2.25. The molecule has 0 aromatic heterocycles. The number of hydrogen-bond donors (Lipinski definition) is 0. The number of methoxy groups -OCH3 is 1. The average Bonchev–Trinajstić information content (AvgIpc) is 2.35. The summed E-state index contributed by atoms with van der Waals surface area (Å²) in [4.78, 5) is 13.7. The number of carbonyl (C=O) groups excluding carboxylic acids is 1. The lowest BCUT2D eigenvalue weighted by atomic mass is 10.1. The molecule has 3 nitrogen and oxygen atoms in total. The third-order valence-corrected chi connectivity index (χ3v) is 3.63. The molecule has 100 valence electrons. The summed E-state index contributed by atoms with van der Waals surface area (Å²) < 4.78 is 4.74. The third-order valence-electron chi connectivity index (χ3n) is 2.91. The molecule has 0 aliphatic heterocycles. The van der Waals surface area contributed by atoms with Gasteiger partial charge in [-0.25, -0.2) is 4.79 Å². The molecule has 0 rings (SSSR count). The minimum atomic E-state index is -0.209. The molecule has 1 atom stereocenters. The summed E-state index contributed by atoms with van der Waals surface area (Å²) in [5.41, 5.74) is 0.762. The molecular formula is C13H25NO2S. The SMILES string of the molecule is CC/C(=C/CN(C)C(CC)CSC)C(=O)OC. The predicted molar refractivity (Wildman–Crippen MR) is 75.5 cm³/mol. The summed E-state index contributed by atoms with van der Waals surface area (Å²) >= 11 is 1.86. The molecule has 0 amide bonds. The van der Waals surface area contributed by atoms with Gasteiger partial charge in [0.25, 0.3) is 0 Å². The van der Waals surface area contributed by atoms with E-state index in [4.69, 9.17) is 4.74 Å². The van der Waals surface area contributed by atoms with Crippen molar-refractivity contribution < 1.29 is 9.53 Å². The maximum Gasteiger partial charge on any atom is 0.333 e. The van der Waals surface area contributed by atoms with Crippen molar-refractivity contribution in [2.45, 2.75) is 32.7 Å². The van der Waals surface area contributed by atoms with Gasteiger partial charge in [0.15, 0.2) is 0 Å². The highest BCUT2D eigenvalue weighted by Gasteiger charge is 2.12. The molecular weight excluding hydrogens is 234 g/mol. The summed E-state index contributed by atoms with van der Waals surface area (Å²) in [6, 6.07) is 0.567. The zero-order valence-corrected chi connectivity index (χ0v) is 12.5. The van der Waals surface area contributed by atoms with E-state index in [1.807, 2.05) is 24.8 Å². The summed E-state index contributed by atoms with van der Waals surface area (Å²) in [5.74, 6) is 0.916. The largest absolute Gasteiger partial charge is 0.466 e. The first-order valence-corrected chi connectivity index (χ1v) is 7.46. The van der Waals surface area contributed by atoms with Crippen LogP contribution < -0.4 is 0 Å². The first kappa shape index (κ1) is 16.5. The summed E-state index contributed by atoms with van der Waals surface area (Å²) in [5, 5.41) is 0. The van der Waals surface area contributed by atoms with Gasteiger partial charge in [0.05, 0.1) is 7.11 Å². The van der Waals surface area contributed by atoms with Gasteiger partial charge in [0, 0.05) is 23.9 Å². The molecule has 4 heteroatoms. The maximum absolute atomic E-state index is 11.4. The molecule has 0 spiro atoms. The van der Waals surface area contributed by atoms with Crippen molar-refractivity contribution in [1.29, 1.82) is 0 Å². The molecule has 0 bridgehead atoms. The van der Waals surface area contributed by atoms with Crippen LogP contribution in [0.25, 0.3) is 0 Å². The zero-order valence-electron chi connectivity index (χ0n) is 11.7. The maximum atomic E-state index is 11.4. The lowest BCUT2D eigenvalue weighted by molar-refractivity contribution is -0.136. The van der Waals surface area contributed by atoms with Crippen LogP contribution in [0.15, 0.2) is 11.6 Å². The van der Waals surface area contributed by atoms with Crippen LogP contribution >= 0.6 is 11.8 Å². The molecule has 0 N–H and O–H groups in total. The van der Waals surface area contributed by atoms with E-state index in [0.717, 1.165) is 30.7 Å². The highest BCUT2D eigenvalue weighted by molar-refractivity contribution is 7.98. The number of likely N-dealkylation sites (N-methyl/N-ethyl adjacent to an activating group) is 1. The zero-order chi connectivity index (χ0) is 13.3. The van der Waals surface area contributed by atoms with Gasteiger partial charge in [0.1, 0.15) is 0 Å². The van der Waals surface area contributed by atoms with E-state index < -0.39 is 0 Å². The second-order valence-electron chi connectivity index (χ2n) is 4.03. The van der Waals surface area contributed by atoms with E-state index >= 15 is 0 Å². The van der Waals surface area contributed by atoms with Crippen molar-refractivity contribution in [1.82, 2.24) is 4.90 Å². The lowest BCUT2D eigenvalue weighted by Crippen LogP contribution is -2.33. The number of carbonyl (C=O) groups is 1. The monoisotopic (exact) mass is 259 g/mol. The van der Waals surface area contributed by atoms with Crippen LogP contribution in [0.1, 0.15) is 26.7 Å². The second-order valence-corrected chi connectivity index (χ2v) is 4.94. The van der Waals surface area contributed by atoms with Crippen molar-refractivity contribution in [2.24, 2.45) is 0 Å². The minimum absolute atomic E-state index is 0.209. The van der Waals surface area contributed by atoms with Crippen LogP contribution in [-0.2, 0) is 9.53 Å². The number of ether oxygens (including phenoxy) is 1. The van der Waals surface area contributed by atoms with Crippen molar-refractivity contribution in [3.8, 4) is 0 Å². The number of esters is 1. The van der Waals surface area contributed by atoms with Crippen LogP contribution in [0.3, 0.4) is 0 Å². The Labute approximate surface area is 110 Å². The van der Waals surface area contributed by atoms with Gasteiger partial charge in [-0.15, -0.1) is 0 Å². The molecule has 0 fully saturated rings. The van der Waals surface area contributed by atoms with E-state index in [0.29, 0.717) is 6.04 Å². The van der Waals surface area contributed by atoms with Crippen LogP contribution in [0, 0.1) is 0 Å². The molecule has 0 radical (unpaired) electrons. The Hall–Kier alpha value is -0.480. The standard InChI is InChI=1S/C13H25NO2S/c1-6-11(13(15)16-4)8-9-14(3)12(7-2)10-17-5/h8,12H,6-7,9-10H2,1-5H3/b11-8-. The highest BCUT2D eigenvalue weighted by atomic mass is 32.2. The molecule has 0 aromatic carbocycles. The van der Waals surface area contributed by atoms with E-state index in [-0.39, 0.29) is 5.97 Å². The van der Waals surface area contributed by atoms with E-state index in [1.54, 1.807) is 0 Å². The van der Waals surface area contributed by atoms with E-state index in [9.17, 15) is 4.79 Å². The molecule has 0 aromatic rings. The molecule has 17 heavy (non-hydrogen) atoms. The molecule has 0 saturated heterocycles. The van der Waals surface area contributed by atoms with Crippen LogP contribution in [0.2, 0.25) is 0 Å². The second kappa shape index (κ2) is 9.54. The van der Waals surface area contributed by atoms with E-state index in [1.165, 1.54) is 7.11 Å². The van der Waals surface area contributed by atoms with Gasteiger partial charge in [0.2, 0.25) is 0 Å². The molecule has 0 aliphatic rings. The number of hydrogen-bond acceptors (Lipinski definition) is 4. The van der Waals surface area contributed by atoms with E-state index in [2.05, 4.69) is 25.1 Å². The van der Waals surface area contributed by atoms with Gasteiger partial charge in [-0.1, -0.05) is 19.9 Å². The molecule has 0 aliphatic carbocycles. The van der Waals surface area contributed by atoms with Gasteiger partial charge in [-0.2, -0.15) is 11.8 Å². The first-order chi connectivity index (χ1) is 8.10. The fourth-order valence-electron chi connectivity index (χ4n) is 1.66. The Morgan fingerprint density at radius 3 is 2.53 bits per heavy atom. The van der Waals surface area contributed by atoms with Crippen molar-refractivity contribution >= 4 is 17.7 Å². The third kappa shape index (κ3) is 6.13. The minimum Gasteiger partial charge on any atom is -0.466 e. The Morgan fingerprint density at radius 2 is 2.12 bits per heavy atom. The fraction of sp³-hybridized carbons (Fsp3) is 0.769. The number of nitrogens with zero attached hydrogens (tertiary/aromatic N) is 1. The molecule has 1 unspecified atom stereocenters. The van der Waals surface area contributed by atoms with Crippen molar-refractivity contribution in [3.05, 3.63) is 11.6 Å². The van der Waals surface area contributed by atoms with Crippen LogP contribution in [0.5, 0.6) is 0 Å². The Kier molecular flexibility index (Phi) is 9.27. The fourth-order valence-corrected chi connectivity index (χ4v) is 2.53. The van der Waals surface area contributed by atoms with Gasteiger partial charge >= 0.3 is 5.97 Å². The number of rotatable bonds is 8. The Bertz CT molecular complexity index is 254. The summed E-state index contributed by atoms with van der Waals surface area (Å²) in [6.45, 7) is 4.97. The van der Waals surface area contributed by atoms with Gasteiger partial charge in [-0.05, 0) is 26.1 Å². The number of thioether (sulfide) groups is 1. The van der Waals surface area contributed by atoms with Gasteiger partial charge < -0.3 is 4.74 Å². The summed E-state index contributed by atoms with van der Waals surface area (Å²) in [7, 11) is 3.53. The summed E-state index contributed by atoms with van der Waals surface area (Å²) in [6.07, 6.45) is 5.96. The van der Waals surface area contributed by atoms with Crippen LogP contribution in [0.4, 0.5) is 0 Å². The Balaban J connectivity index is 4.39. The first-order valence-electron chi connectivity index (χ1n) is 6.07. The highest BCUT2D eigenvalue weighted by Crippen LogP contribution is 2.10. The van der Waals surface area contributed by atoms with Crippen molar-refractivity contribution in [3.63, 3.8) is 0 Å². The molecule has 0 heterocycles. The topological polar surface area (TPSA) is 29.5 Å². The van der Waals surface area contributed by atoms with Crippen molar-refractivity contribution in [2.75, 3.05) is 32.7 Å². The normalized spacial score (nSPS) is 13.9. The predicted octanol–water partition coefficient (Wildman–Crippen LogP) is 2.57. The average molecular weight is 259 g/mol. The molecule has 0 saturated carbocycles. The Morgan fingerprint density at radius 1 is 1.47 bits per heavy atom. The van der Waals surface area contributed by atoms with Gasteiger partial charge in [-0.3, -0.25) is 4.90 Å².